The zero-order chi connectivity index (χ0) is 11.7. The van der Waals surface area contributed by atoms with Crippen LogP contribution in [0.2, 0.25) is 0 Å². The Labute approximate surface area is 107 Å². The summed E-state index contributed by atoms with van der Waals surface area (Å²) < 4.78 is 0. The van der Waals surface area contributed by atoms with Crippen LogP contribution in [0.3, 0.4) is 0 Å². The van der Waals surface area contributed by atoms with Crippen LogP contribution in [0.15, 0.2) is 24.3 Å². The molecular formula is C14H19NOS. The summed E-state index contributed by atoms with van der Waals surface area (Å²) in [6, 6.07) is 8.65. The lowest BCUT2D eigenvalue weighted by atomic mass is 10.1. The van der Waals surface area contributed by atoms with Gasteiger partial charge in [-0.1, -0.05) is 24.3 Å². The molecule has 1 N–H and O–H groups in total. The van der Waals surface area contributed by atoms with E-state index in [2.05, 4.69) is 23.1 Å². The molecule has 2 atom stereocenters. The quantitative estimate of drug-likeness (QED) is 0.824. The fourth-order valence-corrected chi connectivity index (χ4v) is 3.88. The number of hydrogen-bond acceptors (Lipinski definition) is 3. The van der Waals surface area contributed by atoms with E-state index in [1.807, 2.05) is 17.8 Å². The van der Waals surface area contributed by atoms with E-state index in [-0.39, 0.29) is 6.10 Å². The first kappa shape index (κ1) is 11.6. The van der Waals surface area contributed by atoms with E-state index in [4.69, 9.17) is 0 Å². The Morgan fingerprint density at radius 1 is 1.18 bits per heavy atom. The molecule has 0 aromatic heterocycles. The second-order valence-corrected chi connectivity index (χ2v) is 6.14. The predicted molar refractivity (Wildman–Crippen MR) is 72.4 cm³/mol. The number of thioether (sulfide) groups is 1. The highest BCUT2D eigenvalue weighted by Gasteiger charge is 2.34. The van der Waals surface area contributed by atoms with Gasteiger partial charge in [0, 0.05) is 18.3 Å². The minimum atomic E-state index is -0.283. The summed E-state index contributed by atoms with van der Waals surface area (Å²) in [6.45, 7) is 2.27. The van der Waals surface area contributed by atoms with Gasteiger partial charge in [-0.2, -0.15) is 11.8 Å². The van der Waals surface area contributed by atoms with Crippen molar-refractivity contribution in [3.63, 3.8) is 0 Å². The number of hydrogen-bond donors (Lipinski definition) is 1. The summed E-state index contributed by atoms with van der Waals surface area (Å²) in [5.74, 6) is 2.48. The fourth-order valence-electron chi connectivity index (χ4n) is 2.98. The zero-order valence-corrected chi connectivity index (χ0v) is 10.8. The molecule has 1 heterocycles. The van der Waals surface area contributed by atoms with Gasteiger partial charge in [0.1, 0.15) is 0 Å². The van der Waals surface area contributed by atoms with Crippen molar-refractivity contribution in [2.75, 3.05) is 24.6 Å². The minimum Gasteiger partial charge on any atom is -0.387 e. The van der Waals surface area contributed by atoms with Crippen LogP contribution in [0.25, 0.3) is 0 Å². The molecular weight excluding hydrogens is 230 g/mol. The molecule has 1 fully saturated rings. The van der Waals surface area contributed by atoms with E-state index in [1.54, 1.807) is 0 Å². The van der Waals surface area contributed by atoms with Crippen LogP contribution < -0.4 is 0 Å². The number of rotatable bonds is 1. The first-order valence-electron chi connectivity index (χ1n) is 6.44. The van der Waals surface area contributed by atoms with Gasteiger partial charge < -0.3 is 5.11 Å². The van der Waals surface area contributed by atoms with Crippen LogP contribution in [0.5, 0.6) is 0 Å². The molecule has 0 radical (unpaired) electrons. The molecule has 3 heteroatoms. The summed E-state index contributed by atoms with van der Waals surface area (Å²) in [5, 5.41) is 10.4. The number of fused-ring (bicyclic) bond motifs is 1. The Bertz CT molecular complexity index is 388. The summed E-state index contributed by atoms with van der Waals surface area (Å²) >= 11 is 2.04. The highest BCUT2D eigenvalue weighted by molar-refractivity contribution is 7.99. The van der Waals surface area contributed by atoms with Crippen molar-refractivity contribution in [2.45, 2.75) is 25.0 Å². The molecule has 92 valence electrons. The Morgan fingerprint density at radius 3 is 2.94 bits per heavy atom. The molecule has 2 unspecified atom stereocenters. The van der Waals surface area contributed by atoms with Crippen LogP contribution in [-0.2, 0) is 6.42 Å². The fraction of sp³-hybridized carbons (Fsp3) is 0.571. The second-order valence-electron chi connectivity index (χ2n) is 4.92. The number of aliphatic hydroxyl groups excluding tert-OH is 1. The van der Waals surface area contributed by atoms with Gasteiger partial charge in [-0.3, -0.25) is 4.90 Å². The summed E-state index contributed by atoms with van der Waals surface area (Å²) in [6.07, 6.45) is 1.99. The van der Waals surface area contributed by atoms with Gasteiger partial charge in [0.05, 0.1) is 6.10 Å². The summed E-state index contributed by atoms with van der Waals surface area (Å²) in [7, 11) is 0. The van der Waals surface area contributed by atoms with Gasteiger partial charge in [-0.05, 0) is 36.3 Å². The monoisotopic (exact) mass is 249 g/mol. The first-order valence-corrected chi connectivity index (χ1v) is 7.59. The third-order valence-corrected chi connectivity index (χ3v) is 4.94. The van der Waals surface area contributed by atoms with Crippen molar-refractivity contribution in [3.8, 4) is 0 Å². The minimum absolute atomic E-state index is 0.283. The lowest BCUT2D eigenvalue weighted by Gasteiger charge is -2.29. The molecule has 0 amide bonds. The van der Waals surface area contributed by atoms with Gasteiger partial charge in [-0.25, -0.2) is 0 Å². The highest BCUT2D eigenvalue weighted by Crippen LogP contribution is 2.34. The Hall–Kier alpha value is -0.510. The average Bonchev–Trinajstić information content (AvgIpc) is 2.57. The SMILES string of the molecule is OC1c2ccccc2CC1N1CCCSCC1. The van der Waals surface area contributed by atoms with Crippen molar-refractivity contribution in [1.82, 2.24) is 4.90 Å². The van der Waals surface area contributed by atoms with Crippen molar-refractivity contribution in [1.29, 1.82) is 0 Å². The van der Waals surface area contributed by atoms with Gasteiger partial charge in [0.15, 0.2) is 0 Å². The maximum Gasteiger partial charge on any atom is 0.0951 e. The van der Waals surface area contributed by atoms with E-state index in [0.717, 1.165) is 25.1 Å². The number of nitrogens with zero attached hydrogens (tertiary/aromatic N) is 1. The highest BCUT2D eigenvalue weighted by atomic mass is 32.2. The molecule has 0 saturated carbocycles. The standard InChI is InChI=1S/C14H19NOS/c16-14-12-5-2-1-4-11(12)10-13(14)15-6-3-8-17-9-7-15/h1-2,4-5,13-14,16H,3,6-10H2. The van der Waals surface area contributed by atoms with Crippen molar-refractivity contribution >= 4 is 11.8 Å². The molecule has 0 bridgehead atoms. The van der Waals surface area contributed by atoms with Crippen LogP contribution >= 0.6 is 11.8 Å². The Balaban J connectivity index is 1.78. The van der Waals surface area contributed by atoms with Gasteiger partial charge in [0.25, 0.3) is 0 Å². The Kier molecular flexibility index (Phi) is 3.41. The molecule has 2 nitrogen and oxygen atoms in total. The van der Waals surface area contributed by atoms with Crippen LogP contribution in [0, 0.1) is 0 Å². The van der Waals surface area contributed by atoms with E-state index in [0.29, 0.717) is 6.04 Å². The largest absolute Gasteiger partial charge is 0.387 e. The molecule has 1 saturated heterocycles. The maximum absolute atomic E-state index is 10.4. The van der Waals surface area contributed by atoms with Crippen molar-refractivity contribution in [2.24, 2.45) is 0 Å². The van der Waals surface area contributed by atoms with Crippen molar-refractivity contribution < 1.29 is 5.11 Å². The van der Waals surface area contributed by atoms with Crippen LogP contribution in [0.4, 0.5) is 0 Å². The molecule has 1 aromatic carbocycles. The first-order chi connectivity index (χ1) is 8.36. The van der Waals surface area contributed by atoms with Gasteiger partial charge >= 0.3 is 0 Å². The topological polar surface area (TPSA) is 23.5 Å². The molecule has 1 aliphatic carbocycles. The molecule has 17 heavy (non-hydrogen) atoms. The predicted octanol–water partition coefficient (Wildman–Crippen LogP) is 2.08. The summed E-state index contributed by atoms with van der Waals surface area (Å²) in [5.41, 5.74) is 2.48. The third kappa shape index (κ3) is 2.24. The van der Waals surface area contributed by atoms with E-state index in [9.17, 15) is 5.11 Å². The van der Waals surface area contributed by atoms with Crippen LogP contribution in [-0.4, -0.2) is 40.6 Å². The lowest BCUT2D eigenvalue weighted by Crippen LogP contribution is -2.39. The van der Waals surface area contributed by atoms with E-state index < -0.39 is 0 Å². The third-order valence-electron chi connectivity index (χ3n) is 3.89. The zero-order valence-electron chi connectivity index (χ0n) is 10.0. The normalized spacial score (nSPS) is 29.9. The number of benzene rings is 1. The average molecular weight is 249 g/mol. The van der Waals surface area contributed by atoms with Crippen molar-refractivity contribution in [3.05, 3.63) is 35.4 Å². The molecule has 3 rings (SSSR count). The van der Waals surface area contributed by atoms with Gasteiger partial charge in [0.2, 0.25) is 0 Å². The van der Waals surface area contributed by atoms with E-state index in [1.165, 1.54) is 23.5 Å². The second kappa shape index (κ2) is 5.01. The van der Waals surface area contributed by atoms with E-state index >= 15 is 0 Å². The number of aliphatic hydroxyl groups is 1. The van der Waals surface area contributed by atoms with Gasteiger partial charge in [-0.15, -0.1) is 0 Å². The molecule has 2 aliphatic rings. The molecule has 0 spiro atoms. The molecule has 1 aromatic rings. The lowest BCUT2D eigenvalue weighted by molar-refractivity contribution is 0.0653. The maximum atomic E-state index is 10.4. The van der Waals surface area contributed by atoms with Crippen LogP contribution in [0.1, 0.15) is 23.7 Å². The Morgan fingerprint density at radius 2 is 2.06 bits per heavy atom. The smallest absolute Gasteiger partial charge is 0.0951 e. The molecule has 1 aliphatic heterocycles. The summed E-state index contributed by atoms with van der Waals surface area (Å²) in [4.78, 5) is 2.49.